The van der Waals surface area contributed by atoms with Crippen molar-refractivity contribution in [2.75, 3.05) is 14.2 Å². The van der Waals surface area contributed by atoms with Crippen LogP contribution in [0.25, 0.3) is 11.3 Å². The van der Waals surface area contributed by atoms with Crippen LogP contribution in [-0.2, 0) is 0 Å². The highest BCUT2D eigenvalue weighted by Gasteiger charge is 2.06. The molecule has 16 heavy (non-hydrogen) atoms. The number of aromatic nitrogens is 1. The molecule has 81 valence electrons. The van der Waals surface area contributed by atoms with Crippen LogP contribution >= 0.6 is 0 Å². The van der Waals surface area contributed by atoms with Crippen molar-refractivity contribution in [2.45, 2.75) is 0 Å². The molecule has 0 amide bonds. The van der Waals surface area contributed by atoms with Gasteiger partial charge in [-0.1, -0.05) is 6.07 Å². The van der Waals surface area contributed by atoms with Crippen molar-refractivity contribution in [1.29, 1.82) is 0 Å². The minimum absolute atomic E-state index is 0.700. The number of benzene rings is 1. The summed E-state index contributed by atoms with van der Waals surface area (Å²) in [5, 5.41) is 0. The fourth-order valence-corrected chi connectivity index (χ4v) is 1.48. The Balaban J connectivity index is 2.44. The zero-order valence-corrected chi connectivity index (χ0v) is 9.23. The molecule has 0 saturated carbocycles. The van der Waals surface area contributed by atoms with Gasteiger partial charge in [0, 0.05) is 5.56 Å². The maximum Gasteiger partial charge on any atom is 0.161 e. The van der Waals surface area contributed by atoms with Crippen LogP contribution in [0.1, 0.15) is 0 Å². The molecular weight excluding hydrogens is 202 g/mol. The number of rotatable bonds is 3. The molecule has 3 heteroatoms. The Bertz CT molecular complexity index is 469. The summed E-state index contributed by atoms with van der Waals surface area (Å²) in [6.07, 6.45) is 2.80. The molecule has 1 heterocycles. The summed E-state index contributed by atoms with van der Waals surface area (Å²) in [6, 6.07) is 11.3. The maximum atomic E-state index is 5.24. The number of hydrogen-bond acceptors (Lipinski definition) is 3. The van der Waals surface area contributed by atoms with Crippen molar-refractivity contribution in [3.8, 4) is 22.8 Å². The minimum atomic E-state index is 0.700. The summed E-state index contributed by atoms with van der Waals surface area (Å²) in [7, 11) is 3.23. The highest BCUT2D eigenvalue weighted by Crippen LogP contribution is 2.31. The van der Waals surface area contributed by atoms with Gasteiger partial charge in [0.2, 0.25) is 0 Å². The molecular formula is C13H12NO2. The molecule has 1 aromatic heterocycles. The van der Waals surface area contributed by atoms with E-state index >= 15 is 0 Å². The highest BCUT2D eigenvalue weighted by atomic mass is 16.5. The molecule has 2 aromatic rings. The van der Waals surface area contributed by atoms with Crippen LogP contribution < -0.4 is 9.47 Å². The fourth-order valence-electron chi connectivity index (χ4n) is 1.48. The van der Waals surface area contributed by atoms with Gasteiger partial charge in [-0.25, -0.2) is 4.98 Å². The maximum absolute atomic E-state index is 5.24. The first kappa shape index (κ1) is 10.5. The van der Waals surface area contributed by atoms with Gasteiger partial charge in [-0.15, -0.1) is 0 Å². The third-order valence-electron chi connectivity index (χ3n) is 2.29. The number of ether oxygens (including phenoxy) is 2. The molecule has 0 aliphatic heterocycles. The molecule has 0 fully saturated rings. The predicted octanol–water partition coefficient (Wildman–Crippen LogP) is 2.57. The molecule has 2 rings (SSSR count). The van der Waals surface area contributed by atoms with Crippen molar-refractivity contribution in [3.05, 3.63) is 42.6 Å². The lowest BCUT2D eigenvalue weighted by molar-refractivity contribution is 0.355. The van der Waals surface area contributed by atoms with Gasteiger partial charge in [-0.2, -0.15) is 0 Å². The molecule has 0 spiro atoms. The van der Waals surface area contributed by atoms with Gasteiger partial charge in [0.1, 0.15) is 0 Å². The van der Waals surface area contributed by atoms with E-state index in [9.17, 15) is 0 Å². The Kier molecular flexibility index (Phi) is 3.05. The molecule has 0 N–H and O–H groups in total. The first-order valence-corrected chi connectivity index (χ1v) is 4.90. The van der Waals surface area contributed by atoms with Crippen LogP contribution in [-0.4, -0.2) is 19.2 Å². The van der Waals surface area contributed by atoms with E-state index < -0.39 is 0 Å². The summed E-state index contributed by atoms with van der Waals surface area (Å²) in [4.78, 5) is 4.16. The second-order valence-corrected chi connectivity index (χ2v) is 3.22. The molecule has 0 saturated heterocycles. The largest absolute Gasteiger partial charge is 0.493 e. The van der Waals surface area contributed by atoms with Crippen LogP contribution in [0, 0.1) is 6.20 Å². The lowest BCUT2D eigenvalue weighted by Gasteiger charge is -2.08. The van der Waals surface area contributed by atoms with Crippen molar-refractivity contribution < 1.29 is 9.47 Å². The second-order valence-electron chi connectivity index (χ2n) is 3.22. The molecule has 0 aliphatic carbocycles. The predicted molar refractivity (Wildman–Crippen MR) is 61.6 cm³/mol. The monoisotopic (exact) mass is 214 g/mol. The van der Waals surface area contributed by atoms with Gasteiger partial charge in [-0.3, -0.25) is 0 Å². The van der Waals surface area contributed by atoms with Crippen molar-refractivity contribution >= 4 is 0 Å². The SMILES string of the molecule is COc1ccc(-c2ccc[c]n2)cc1OC. The first-order valence-electron chi connectivity index (χ1n) is 4.90. The summed E-state index contributed by atoms with van der Waals surface area (Å²) in [6.45, 7) is 0. The number of nitrogens with zero attached hydrogens (tertiary/aromatic N) is 1. The highest BCUT2D eigenvalue weighted by molar-refractivity contribution is 5.63. The van der Waals surface area contributed by atoms with E-state index in [1.807, 2.05) is 30.3 Å². The van der Waals surface area contributed by atoms with E-state index in [0.29, 0.717) is 11.5 Å². The molecule has 0 unspecified atom stereocenters. The lowest BCUT2D eigenvalue weighted by Crippen LogP contribution is -1.91. The van der Waals surface area contributed by atoms with Crippen LogP contribution in [0.15, 0.2) is 36.4 Å². The van der Waals surface area contributed by atoms with Gasteiger partial charge in [0.15, 0.2) is 11.5 Å². The van der Waals surface area contributed by atoms with E-state index in [2.05, 4.69) is 11.2 Å². The zero-order chi connectivity index (χ0) is 11.4. The summed E-state index contributed by atoms with van der Waals surface area (Å²) in [5.74, 6) is 1.41. The Labute approximate surface area is 94.7 Å². The van der Waals surface area contributed by atoms with Gasteiger partial charge in [0.05, 0.1) is 26.1 Å². The first-order chi connectivity index (χ1) is 7.85. The van der Waals surface area contributed by atoms with Crippen molar-refractivity contribution in [2.24, 2.45) is 0 Å². The lowest BCUT2D eigenvalue weighted by atomic mass is 10.1. The Hall–Kier alpha value is -2.03. The summed E-state index contributed by atoms with van der Waals surface area (Å²) >= 11 is 0. The quantitative estimate of drug-likeness (QED) is 0.786. The van der Waals surface area contributed by atoms with E-state index in [1.165, 1.54) is 0 Å². The number of pyridine rings is 1. The molecule has 0 aliphatic rings. The van der Waals surface area contributed by atoms with E-state index in [-0.39, 0.29) is 0 Å². The smallest absolute Gasteiger partial charge is 0.161 e. The second kappa shape index (κ2) is 4.66. The van der Waals surface area contributed by atoms with Crippen molar-refractivity contribution in [3.63, 3.8) is 0 Å². The van der Waals surface area contributed by atoms with Gasteiger partial charge in [0.25, 0.3) is 0 Å². The van der Waals surface area contributed by atoms with Gasteiger partial charge < -0.3 is 9.47 Å². The normalized spacial score (nSPS) is 9.88. The van der Waals surface area contributed by atoms with Crippen LogP contribution in [0.5, 0.6) is 11.5 Å². The standard InChI is InChI=1S/C13H12NO2/c1-15-12-7-6-10(9-13(12)16-2)11-5-3-4-8-14-11/h3-7,9H,1-2H3. The summed E-state index contributed by atoms with van der Waals surface area (Å²) in [5.41, 5.74) is 1.85. The Morgan fingerprint density at radius 3 is 2.50 bits per heavy atom. The van der Waals surface area contributed by atoms with Crippen LogP contribution in [0.2, 0.25) is 0 Å². The third-order valence-corrected chi connectivity index (χ3v) is 2.29. The van der Waals surface area contributed by atoms with Gasteiger partial charge in [-0.05, 0) is 30.3 Å². The van der Waals surface area contributed by atoms with E-state index in [1.54, 1.807) is 20.3 Å². The Morgan fingerprint density at radius 1 is 1.06 bits per heavy atom. The van der Waals surface area contributed by atoms with Crippen LogP contribution in [0.4, 0.5) is 0 Å². The molecule has 1 radical (unpaired) electrons. The number of methoxy groups -OCH3 is 2. The number of hydrogen-bond donors (Lipinski definition) is 0. The van der Waals surface area contributed by atoms with Crippen LogP contribution in [0.3, 0.4) is 0 Å². The average molecular weight is 214 g/mol. The average Bonchev–Trinajstić information content (AvgIpc) is 2.39. The minimum Gasteiger partial charge on any atom is -0.493 e. The Morgan fingerprint density at radius 2 is 1.88 bits per heavy atom. The molecule has 1 aromatic carbocycles. The van der Waals surface area contributed by atoms with Crippen molar-refractivity contribution in [1.82, 2.24) is 4.98 Å². The van der Waals surface area contributed by atoms with Gasteiger partial charge >= 0.3 is 0 Å². The van der Waals surface area contributed by atoms with E-state index in [0.717, 1.165) is 11.3 Å². The zero-order valence-electron chi connectivity index (χ0n) is 9.23. The molecule has 0 atom stereocenters. The fraction of sp³-hybridized carbons (Fsp3) is 0.154. The molecule has 0 bridgehead atoms. The molecule has 3 nitrogen and oxygen atoms in total. The van der Waals surface area contributed by atoms with E-state index in [4.69, 9.17) is 9.47 Å². The topological polar surface area (TPSA) is 31.4 Å². The third kappa shape index (κ3) is 1.98. The summed E-state index contributed by atoms with van der Waals surface area (Å²) < 4.78 is 10.4.